The van der Waals surface area contributed by atoms with Crippen LogP contribution < -0.4 is 10.6 Å². The van der Waals surface area contributed by atoms with Gasteiger partial charge in [-0.25, -0.2) is 19.6 Å². The second kappa shape index (κ2) is 16.8. The Labute approximate surface area is 373 Å². The number of nitrogens with zero attached hydrogens (tertiary/aromatic N) is 4. The minimum atomic E-state index is -1.01. The molecule has 0 aliphatic carbocycles. The molecule has 10 rings (SSSR count). The number of likely N-dealkylation sites (tertiary alicyclic amines) is 2. The van der Waals surface area contributed by atoms with Crippen LogP contribution in [0.4, 0.5) is 9.59 Å². The lowest BCUT2D eigenvalue weighted by atomic mass is 9.98. The van der Waals surface area contributed by atoms with Crippen LogP contribution in [0.2, 0.25) is 0 Å². The number of methoxy groups -OCH3 is 2. The van der Waals surface area contributed by atoms with Crippen LogP contribution >= 0.6 is 0 Å². The Bertz CT molecular complexity index is 2980. The summed E-state index contributed by atoms with van der Waals surface area (Å²) >= 11 is 0. The molecule has 3 aliphatic rings. The van der Waals surface area contributed by atoms with E-state index >= 15 is 0 Å². The third-order valence-electron chi connectivity index (χ3n) is 13.1. The number of alkyl carbamates (subject to hydrolysis) is 2. The highest BCUT2D eigenvalue weighted by molar-refractivity contribution is 6.07. The Morgan fingerprint density at radius 2 is 1.31 bits per heavy atom. The maximum Gasteiger partial charge on any atom is 0.407 e. The summed E-state index contributed by atoms with van der Waals surface area (Å²) in [4.78, 5) is 73.6. The summed E-state index contributed by atoms with van der Waals surface area (Å²) in [5.41, 5.74) is 6.01. The van der Waals surface area contributed by atoms with Crippen molar-refractivity contribution in [1.82, 2.24) is 40.4 Å². The van der Waals surface area contributed by atoms with Crippen molar-refractivity contribution in [2.75, 3.05) is 40.5 Å². The number of imidazole rings is 2. The number of rotatable bonds is 9. The minimum absolute atomic E-state index is 0.125. The van der Waals surface area contributed by atoms with E-state index < -0.39 is 36.1 Å². The fourth-order valence-corrected chi connectivity index (χ4v) is 9.81. The van der Waals surface area contributed by atoms with Crippen molar-refractivity contribution in [3.05, 3.63) is 108 Å². The molecule has 0 bridgehead atoms. The van der Waals surface area contributed by atoms with Crippen molar-refractivity contribution in [2.45, 2.75) is 63.1 Å². The Morgan fingerprint density at radius 3 is 1.89 bits per heavy atom. The Kier molecular flexibility index (Phi) is 10.9. The van der Waals surface area contributed by atoms with Gasteiger partial charge in [-0.1, -0.05) is 80.6 Å². The molecule has 7 aromatic rings. The third kappa shape index (κ3) is 7.65. The number of hydrogen-bond acceptors (Lipinski definition) is 10. The maximum absolute atomic E-state index is 14.5. The van der Waals surface area contributed by atoms with Crippen molar-refractivity contribution in [2.24, 2.45) is 5.92 Å². The topological polar surface area (TPSA) is 193 Å². The van der Waals surface area contributed by atoms with E-state index in [4.69, 9.17) is 28.9 Å². The molecule has 1 spiro atoms. The summed E-state index contributed by atoms with van der Waals surface area (Å²) in [6, 6.07) is 27.5. The van der Waals surface area contributed by atoms with Gasteiger partial charge in [0.15, 0.2) is 5.79 Å². The number of carbonyl (C=O) groups is 4. The van der Waals surface area contributed by atoms with E-state index in [1.54, 1.807) is 17.0 Å². The van der Waals surface area contributed by atoms with Gasteiger partial charge < -0.3 is 49.3 Å². The standard InChI is InChI=1S/C49H50N8O8/c1-27(2)39(54-47(60)62-3)45(58)56-20-8-11-37(56)43-50-35-18-14-31-23-29(12-16-33(31)41(35)52-43)30-13-17-34-32(24-30)15-19-36-42(34)53-44(51-36)38-25-49(64-21-22-65-49)26-57(38)46(59)40(55-48(61)63-4)28-9-6-5-7-10-28/h5-7,9-10,12-19,23-24,27,37-40H,8,11,20-22,25-26H2,1-4H3,(H,50,52)(H,51,53)(H,54,60)(H,55,61)/t37-,38-,39-,40+/m0/s1. The normalized spacial score (nSPS) is 19.2. The number of hydrogen-bond donors (Lipinski definition) is 4. The van der Waals surface area contributed by atoms with Crippen LogP contribution in [0.15, 0.2) is 91.0 Å². The zero-order valence-corrected chi connectivity index (χ0v) is 36.6. The van der Waals surface area contributed by atoms with Crippen molar-refractivity contribution < 1.29 is 38.1 Å². The van der Waals surface area contributed by atoms with Crippen LogP contribution in [0.25, 0.3) is 54.7 Å². The molecular formula is C49H50N8O8. The van der Waals surface area contributed by atoms with E-state index in [1.807, 2.05) is 49.1 Å². The smallest absolute Gasteiger partial charge is 0.407 e. The number of ether oxygens (including phenoxy) is 4. The summed E-state index contributed by atoms with van der Waals surface area (Å²) < 4.78 is 22.0. The van der Waals surface area contributed by atoms with Gasteiger partial charge in [0.25, 0.3) is 5.91 Å². The van der Waals surface area contributed by atoms with Gasteiger partial charge in [-0.2, -0.15) is 0 Å². The second-order valence-electron chi connectivity index (χ2n) is 17.4. The molecule has 16 heteroatoms. The average molecular weight is 879 g/mol. The van der Waals surface area contributed by atoms with Gasteiger partial charge in [0.05, 0.1) is 68.1 Å². The van der Waals surface area contributed by atoms with E-state index in [-0.39, 0.29) is 30.3 Å². The Hall–Kier alpha value is -7.04. The zero-order chi connectivity index (χ0) is 45.0. The number of nitrogens with one attached hydrogen (secondary N) is 4. The lowest BCUT2D eigenvalue weighted by Gasteiger charge is -2.29. The lowest BCUT2D eigenvalue weighted by Crippen LogP contribution is -2.51. The number of benzene rings is 5. The number of fused-ring (bicyclic) bond motifs is 6. The highest BCUT2D eigenvalue weighted by atomic mass is 16.7. The number of carbonyl (C=O) groups excluding carboxylic acids is 4. The molecule has 65 heavy (non-hydrogen) atoms. The summed E-state index contributed by atoms with van der Waals surface area (Å²) in [6.45, 7) is 5.38. The minimum Gasteiger partial charge on any atom is -0.453 e. The predicted octanol–water partition coefficient (Wildman–Crippen LogP) is 7.57. The predicted molar refractivity (Wildman–Crippen MR) is 242 cm³/mol. The SMILES string of the molecule is COC(=O)N[C@H](C(=O)N1CCC[C@H]1c1nc2c(ccc3cc(-c4ccc5c(ccc6[nH]c([C@@H]7CC8(CN7C(=O)[C@H](NC(=O)OC)c7ccccc7)OCCO8)nc65)c4)ccc32)[nH]1)C(C)C. The summed E-state index contributed by atoms with van der Waals surface area (Å²) in [7, 11) is 2.56. The zero-order valence-electron chi connectivity index (χ0n) is 36.6. The van der Waals surface area contributed by atoms with Crippen LogP contribution in [-0.4, -0.2) is 106 Å². The first-order valence-electron chi connectivity index (χ1n) is 22.0. The van der Waals surface area contributed by atoms with Gasteiger partial charge in [0.1, 0.15) is 23.7 Å². The molecule has 0 radical (unpaired) electrons. The van der Waals surface area contributed by atoms with Crippen molar-refractivity contribution in [3.63, 3.8) is 0 Å². The Balaban J connectivity index is 0.932. The molecule has 334 valence electrons. The molecule has 3 saturated heterocycles. The first-order valence-corrected chi connectivity index (χ1v) is 22.0. The Morgan fingerprint density at radius 1 is 0.723 bits per heavy atom. The second-order valence-corrected chi connectivity index (χ2v) is 17.4. The molecule has 2 aromatic heterocycles. The maximum atomic E-state index is 14.5. The highest BCUT2D eigenvalue weighted by Crippen LogP contribution is 2.44. The van der Waals surface area contributed by atoms with Crippen LogP contribution in [0.1, 0.15) is 68.4 Å². The third-order valence-corrected chi connectivity index (χ3v) is 13.1. The molecule has 0 unspecified atom stereocenters. The molecule has 4 N–H and O–H groups in total. The van der Waals surface area contributed by atoms with Crippen LogP contribution in [0, 0.1) is 5.92 Å². The molecule has 0 saturated carbocycles. The quantitative estimate of drug-likeness (QED) is 0.112. The molecule has 4 atom stereocenters. The van der Waals surface area contributed by atoms with Crippen LogP contribution in [0.5, 0.6) is 0 Å². The lowest BCUT2D eigenvalue weighted by molar-refractivity contribution is -0.153. The van der Waals surface area contributed by atoms with Gasteiger partial charge in [-0.05, 0) is 70.5 Å². The van der Waals surface area contributed by atoms with E-state index in [1.165, 1.54) is 14.2 Å². The molecule has 4 amide bonds. The molecule has 3 fully saturated rings. The van der Waals surface area contributed by atoms with E-state index in [2.05, 4.69) is 69.1 Å². The number of amides is 4. The van der Waals surface area contributed by atoms with E-state index in [0.29, 0.717) is 37.6 Å². The summed E-state index contributed by atoms with van der Waals surface area (Å²) in [5, 5.41) is 9.43. The fourth-order valence-electron chi connectivity index (χ4n) is 9.81. The van der Waals surface area contributed by atoms with Gasteiger partial charge in [-0.3, -0.25) is 9.59 Å². The van der Waals surface area contributed by atoms with Crippen molar-refractivity contribution in [1.29, 1.82) is 0 Å². The van der Waals surface area contributed by atoms with Crippen molar-refractivity contribution >= 4 is 67.6 Å². The van der Waals surface area contributed by atoms with Crippen molar-refractivity contribution in [3.8, 4) is 11.1 Å². The fraction of sp³-hybridized carbons (Fsp3) is 0.347. The molecule has 5 heterocycles. The average Bonchev–Trinajstić information content (AvgIpc) is 4.19. The first-order chi connectivity index (χ1) is 31.5. The van der Waals surface area contributed by atoms with E-state index in [9.17, 15) is 19.2 Å². The number of H-pyrrole nitrogens is 2. The van der Waals surface area contributed by atoms with Gasteiger partial charge >= 0.3 is 12.2 Å². The number of aromatic nitrogens is 4. The number of aromatic amines is 2. The molecular weight excluding hydrogens is 829 g/mol. The van der Waals surface area contributed by atoms with E-state index in [0.717, 1.165) is 73.4 Å². The largest absolute Gasteiger partial charge is 0.453 e. The van der Waals surface area contributed by atoms with Crippen LogP contribution in [-0.2, 0) is 28.5 Å². The highest BCUT2D eigenvalue weighted by Gasteiger charge is 2.53. The van der Waals surface area contributed by atoms with Crippen LogP contribution in [0.3, 0.4) is 0 Å². The first kappa shape index (κ1) is 41.9. The summed E-state index contributed by atoms with van der Waals surface area (Å²) in [5.74, 6) is -0.278. The van der Waals surface area contributed by atoms with Gasteiger partial charge in [0.2, 0.25) is 5.91 Å². The molecule has 3 aliphatic heterocycles. The summed E-state index contributed by atoms with van der Waals surface area (Å²) in [6.07, 6.45) is 0.607. The van der Waals surface area contributed by atoms with Gasteiger partial charge in [-0.15, -0.1) is 0 Å². The molecule has 5 aromatic carbocycles. The molecule has 16 nitrogen and oxygen atoms in total. The monoisotopic (exact) mass is 878 g/mol. The van der Waals surface area contributed by atoms with Gasteiger partial charge in [0, 0.05) is 23.7 Å².